The Balaban J connectivity index is 1.99. The number of benzene rings is 2. The summed E-state index contributed by atoms with van der Waals surface area (Å²) in [4.78, 5) is 0. The lowest BCUT2D eigenvalue weighted by molar-refractivity contribution is 0.218. The second kappa shape index (κ2) is 5.97. The van der Waals surface area contributed by atoms with E-state index in [1.807, 2.05) is 72.8 Å². The van der Waals surface area contributed by atoms with Gasteiger partial charge in [0, 0.05) is 17.0 Å². The Kier molecular flexibility index (Phi) is 4.05. The molecule has 0 saturated heterocycles. The third kappa shape index (κ3) is 3.15. The van der Waals surface area contributed by atoms with Gasteiger partial charge in [-0.1, -0.05) is 77.8 Å². The molecule has 0 aromatic heterocycles. The summed E-state index contributed by atoms with van der Waals surface area (Å²) < 4.78 is 6.05. The second-order valence-corrected chi connectivity index (χ2v) is 5.98. The Morgan fingerprint density at radius 1 is 0.857 bits per heavy atom. The maximum atomic E-state index is 6.79. The monoisotopic (exact) mass is 316 g/mol. The molecule has 1 nitrogen and oxygen atoms in total. The highest BCUT2D eigenvalue weighted by Gasteiger charge is 2.37. The topological polar surface area (TPSA) is 9.23 Å². The van der Waals surface area contributed by atoms with Crippen molar-refractivity contribution in [2.24, 2.45) is 0 Å². The van der Waals surface area contributed by atoms with Crippen LogP contribution in [0.4, 0.5) is 0 Å². The number of ether oxygens (including phenoxy) is 1. The van der Waals surface area contributed by atoms with Crippen molar-refractivity contribution < 1.29 is 4.74 Å². The normalized spacial score (nSPS) is 21.4. The Morgan fingerprint density at radius 2 is 1.48 bits per heavy atom. The van der Waals surface area contributed by atoms with Gasteiger partial charge in [0.15, 0.2) is 0 Å². The van der Waals surface area contributed by atoms with E-state index >= 15 is 0 Å². The van der Waals surface area contributed by atoms with Gasteiger partial charge in [-0.2, -0.15) is 0 Å². The van der Waals surface area contributed by atoms with Crippen LogP contribution >= 0.6 is 23.2 Å². The van der Waals surface area contributed by atoms with Crippen LogP contribution in [0, 0.1) is 0 Å². The molecule has 0 N–H and O–H groups in total. The molecule has 0 radical (unpaired) electrons. The fraction of sp³-hybridized carbons (Fsp3) is 0.111. The maximum absolute atomic E-state index is 6.79. The molecule has 1 aliphatic carbocycles. The van der Waals surface area contributed by atoms with Crippen molar-refractivity contribution in [1.82, 2.24) is 0 Å². The van der Waals surface area contributed by atoms with Crippen LogP contribution in [-0.4, -0.2) is 5.06 Å². The van der Waals surface area contributed by atoms with Crippen molar-refractivity contribution in [3.8, 4) is 5.75 Å². The Morgan fingerprint density at radius 3 is 2.14 bits per heavy atom. The van der Waals surface area contributed by atoms with Gasteiger partial charge in [0.1, 0.15) is 5.75 Å². The van der Waals surface area contributed by atoms with Crippen molar-refractivity contribution in [3.05, 3.63) is 83.4 Å². The standard InChI is InChI=1S/C18H14Cl2O/c19-15-11-12-17(14-7-3-1-4-8-14)18(20,13-15)21-16-9-5-2-6-10-16/h1-12H,13H2. The van der Waals surface area contributed by atoms with Gasteiger partial charge in [0.25, 0.3) is 0 Å². The average Bonchev–Trinajstić information content (AvgIpc) is 2.48. The molecule has 3 heteroatoms. The Hall–Kier alpha value is -1.70. The molecule has 21 heavy (non-hydrogen) atoms. The summed E-state index contributed by atoms with van der Waals surface area (Å²) in [6.45, 7) is 0. The van der Waals surface area contributed by atoms with E-state index in [1.165, 1.54) is 0 Å². The van der Waals surface area contributed by atoms with E-state index in [-0.39, 0.29) is 0 Å². The van der Waals surface area contributed by atoms with E-state index in [2.05, 4.69) is 0 Å². The highest BCUT2D eigenvalue weighted by Crippen LogP contribution is 2.43. The third-order valence-electron chi connectivity index (χ3n) is 3.34. The van der Waals surface area contributed by atoms with Crippen LogP contribution in [0.3, 0.4) is 0 Å². The van der Waals surface area contributed by atoms with Crippen molar-refractivity contribution in [2.75, 3.05) is 0 Å². The molecule has 2 aromatic rings. The molecule has 0 heterocycles. The quantitative estimate of drug-likeness (QED) is 0.669. The van der Waals surface area contributed by atoms with Crippen LogP contribution in [0.15, 0.2) is 77.8 Å². The summed E-state index contributed by atoms with van der Waals surface area (Å²) in [7, 11) is 0. The SMILES string of the molecule is ClC1=CC=C(c2ccccc2)C(Cl)(Oc2ccccc2)C1. The van der Waals surface area contributed by atoms with E-state index < -0.39 is 5.06 Å². The summed E-state index contributed by atoms with van der Waals surface area (Å²) in [5.74, 6) is 0.723. The summed E-state index contributed by atoms with van der Waals surface area (Å²) in [6.07, 6.45) is 4.24. The number of para-hydroxylation sites is 1. The molecule has 0 spiro atoms. The zero-order valence-electron chi connectivity index (χ0n) is 11.3. The fourth-order valence-electron chi connectivity index (χ4n) is 2.37. The van der Waals surface area contributed by atoms with Crippen molar-refractivity contribution in [2.45, 2.75) is 11.5 Å². The summed E-state index contributed by atoms with van der Waals surface area (Å²) in [5.41, 5.74) is 1.95. The molecular weight excluding hydrogens is 303 g/mol. The first kappa shape index (κ1) is 14.2. The van der Waals surface area contributed by atoms with Crippen LogP contribution in [0.1, 0.15) is 12.0 Å². The van der Waals surface area contributed by atoms with Crippen molar-refractivity contribution in [1.29, 1.82) is 0 Å². The second-order valence-electron chi connectivity index (χ2n) is 4.88. The first-order valence-electron chi connectivity index (χ1n) is 6.73. The number of alkyl halides is 1. The molecular formula is C18H14Cl2O. The zero-order valence-corrected chi connectivity index (χ0v) is 12.8. The highest BCUT2D eigenvalue weighted by atomic mass is 35.5. The predicted molar refractivity (Wildman–Crippen MR) is 88.6 cm³/mol. The van der Waals surface area contributed by atoms with E-state index in [1.54, 1.807) is 0 Å². The van der Waals surface area contributed by atoms with E-state index in [9.17, 15) is 0 Å². The Bertz CT molecular complexity index is 677. The fourth-order valence-corrected chi connectivity index (χ4v) is 3.09. The number of halogens is 2. The van der Waals surface area contributed by atoms with Crippen LogP contribution in [0.25, 0.3) is 5.57 Å². The molecule has 0 fully saturated rings. The molecule has 0 amide bonds. The summed E-state index contributed by atoms with van der Waals surface area (Å²) in [5, 5.41) is -0.310. The van der Waals surface area contributed by atoms with Gasteiger partial charge in [0.05, 0.1) is 0 Å². The molecule has 0 saturated carbocycles. The van der Waals surface area contributed by atoms with Gasteiger partial charge in [-0.3, -0.25) is 0 Å². The predicted octanol–water partition coefficient (Wildman–Crippen LogP) is 5.61. The molecule has 0 bridgehead atoms. The van der Waals surface area contributed by atoms with E-state index in [4.69, 9.17) is 27.9 Å². The summed E-state index contributed by atoms with van der Waals surface area (Å²) >= 11 is 13.0. The number of hydrogen-bond donors (Lipinski definition) is 0. The minimum absolute atomic E-state index is 0.436. The molecule has 106 valence electrons. The number of allylic oxidation sites excluding steroid dienone is 2. The average molecular weight is 317 g/mol. The van der Waals surface area contributed by atoms with Gasteiger partial charge in [-0.05, 0) is 23.8 Å². The molecule has 3 rings (SSSR count). The first-order valence-corrected chi connectivity index (χ1v) is 7.48. The van der Waals surface area contributed by atoms with Crippen molar-refractivity contribution in [3.63, 3.8) is 0 Å². The van der Waals surface area contributed by atoms with Gasteiger partial charge >= 0.3 is 0 Å². The number of hydrogen-bond acceptors (Lipinski definition) is 1. The van der Waals surface area contributed by atoms with Gasteiger partial charge in [-0.15, -0.1) is 0 Å². The molecule has 1 atom stereocenters. The van der Waals surface area contributed by atoms with Gasteiger partial charge in [-0.25, -0.2) is 0 Å². The minimum Gasteiger partial charge on any atom is -0.467 e. The van der Waals surface area contributed by atoms with E-state index in [0.29, 0.717) is 11.5 Å². The van der Waals surface area contributed by atoms with Gasteiger partial charge < -0.3 is 4.74 Å². The lowest BCUT2D eigenvalue weighted by Gasteiger charge is -2.33. The van der Waals surface area contributed by atoms with Crippen LogP contribution in [0.2, 0.25) is 0 Å². The smallest absolute Gasteiger partial charge is 0.213 e. The molecule has 0 aliphatic heterocycles. The molecule has 1 unspecified atom stereocenters. The van der Waals surface area contributed by atoms with Gasteiger partial charge in [0.2, 0.25) is 5.06 Å². The van der Waals surface area contributed by atoms with Crippen LogP contribution in [-0.2, 0) is 0 Å². The van der Waals surface area contributed by atoms with Crippen molar-refractivity contribution >= 4 is 28.8 Å². The Labute approximate surface area is 134 Å². The lowest BCUT2D eigenvalue weighted by atomic mass is 9.93. The lowest BCUT2D eigenvalue weighted by Crippen LogP contribution is -2.32. The highest BCUT2D eigenvalue weighted by molar-refractivity contribution is 6.34. The maximum Gasteiger partial charge on any atom is 0.213 e. The minimum atomic E-state index is -0.992. The first-order chi connectivity index (χ1) is 10.2. The third-order valence-corrected chi connectivity index (χ3v) is 4.01. The largest absolute Gasteiger partial charge is 0.467 e. The molecule has 2 aromatic carbocycles. The zero-order chi connectivity index (χ0) is 14.7. The van der Waals surface area contributed by atoms with E-state index in [0.717, 1.165) is 16.9 Å². The molecule has 1 aliphatic rings. The number of rotatable bonds is 3. The van der Waals surface area contributed by atoms with Crippen LogP contribution in [0.5, 0.6) is 5.75 Å². The van der Waals surface area contributed by atoms with Crippen LogP contribution < -0.4 is 4.74 Å². The summed E-state index contributed by atoms with van der Waals surface area (Å²) in [6, 6.07) is 19.5.